The molecule has 0 aromatic carbocycles. The molecule has 0 spiro atoms. The summed E-state index contributed by atoms with van der Waals surface area (Å²) in [6.07, 6.45) is 3.22. The van der Waals surface area contributed by atoms with Gasteiger partial charge in [0.05, 0.1) is 11.1 Å². The molecule has 5 nitrogen and oxygen atoms in total. The van der Waals surface area contributed by atoms with Crippen LogP contribution in [0.5, 0.6) is 0 Å². The number of hydrogen-bond donors (Lipinski definition) is 1. The third kappa shape index (κ3) is 2.17. The van der Waals surface area contributed by atoms with Gasteiger partial charge in [-0.05, 0) is 26.2 Å². The van der Waals surface area contributed by atoms with E-state index >= 15 is 0 Å². The molecule has 1 aromatic rings. The molecule has 0 saturated carbocycles. The van der Waals surface area contributed by atoms with Crippen LogP contribution in [0.3, 0.4) is 0 Å². The summed E-state index contributed by atoms with van der Waals surface area (Å²) >= 11 is 0. The second-order valence-electron chi connectivity index (χ2n) is 4.49. The third-order valence-corrected chi connectivity index (χ3v) is 3.80. The Hall–Kier alpha value is -1.65. The first kappa shape index (κ1) is 14.4. The van der Waals surface area contributed by atoms with E-state index in [-0.39, 0.29) is 11.3 Å². The summed E-state index contributed by atoms with van der Waals surface area (Å²) in [7, 11) is 0. The van der Waals surface area contributed by atoms with Crippen LogP contribution < -0.4 is 11.2 Å². The van der Waals surface area contributed by atoms with E-state index in [0.29, 0.717) is 19.3 Å². The lowest BCUT2D eigenvalue weighted by atomic mass is 9.89. The van der Waals surface area contributed by atoms with Crippen LogP contribution in [0.1, 0.15) is 57.3 Å². The van der Waals surface area contributed by atoms with E-state index in [4.69, 9.17) is 0 Å². The summed E-state index contributed by atoms with van der Waals surface area (Å²) in [6, 6.07) is 0. The molecule has 0 unspecified atom stereocenters. The van der Waals surface area contributed by atoms with Gasteiger partial charge in [0.15, 0.2) is 5.78 Å². The minimum atomic E-state index is -0.518. The molecular weight excluding hydrogens is 232 g/mol. The van der Waals surface area contributed by atoms with Crippen LogP contribution in [0.4, 0.5) is 0 Å². The van der Waals surface area contributed by atoms with Crippen molar-refractivity contribution in [1.29, 1.82) is 0 Å². The number of carbonyl (C=O) groups excluding carboxylic acids is 1. The van der Waals surface area contributed by atoms with Crippen LogP contribution in [0.15, 0.2) is 15.8 Å². The fraction of sp³-hybridized carbons (Fsp3) is 0.615. The van der Waals surface area contributed by atoms with Crippen molar-refractivity contribution in [2.24, 2.45) is 0 Å². The van der Waals surface area contributed by atoms with Crippen LogP contribution >= 0.6 is 0 Å². The molecule has 0 aliphatic heterocycles. The lowest BCUT2D eigenvalue weighted by Gasteiger charge is -2.32. The lowest BCUT2D eigenvalue weighted by Crippen LogP contribution is -2.50. The molecule has 0 atom stereocenters. The summed E-state index contributed by atoms with van der Waals surface area (Å²) in [5, 5.41) is 0. The fourth-order valence-electron chi connectivity index (χ4n) is 2.38. The Morgan fingerprint density at radius 1 is 1.22 bits per heavy atom. The van der Waals surface area contributed by atoms with E-state index in [2.05, 4.69) is 4.98 Å². The van der Waals surface area contributed by atoms with Crippen molar-refractivity contribution in [1.82, 2.24) is 9.55 Å². The summed E-state index contributed by atoms with van der Waals surface area (Å²) in [4.78, 5) is 38.1. The number of aromatic nitrogens is 2. The second kappa shape index (κ2) is 5.33. The second-order valence-corrected chi connectivity index (χ2v) is 4.49. The molecule has 0 radical (unpaired) electrons. The SMILES string of the molecule is CCC(CC)(CC)n1c(=O)[nH]cc(C(C)=O)c1=O. The van der Waals surface area contributed by atoms with Gasteiger partial charge in [0, 0.05) is 6.20 Å². The van der Waals surface area contributed by atoms with Crippen molar-refractivity contribution < 1.29 is 4.79 Å². The van der Waals surface area contributed by atoms with Gasteiger partial charge in [0.25, 0.3) is 5.56 Å². The van der Waals surface area contributed by atoms with Crippen LogP contribution in [0.2, 0.25) is 0 Å². The van der Waals surface area contributed by atoms with Crippen molar-refractivity contribution >= 4 is 5.78 Å². The van der Waals surface area contributed by atoms with Gasteiger partial charge >= 0.3 is 5.69 Å². The lowest BCUT2D eigenvalue weighted by molar-refractivity contribution is 0.101. The number of carbonyl (C=O) groups is 1. The van der Waals surface area contributed by atoms with E-state index in [0.717, 1.165) is 0 Å². The molecule has 100 valence electrons. The summed E-state index contributed by atoms with van der Waals surface area (Å²) < 4.78 is 1.21. The van der Waals surface area contributed by atoms with E-state index in [1.165, 1.54) is 17.7 Å². The molecule has 18 heavy (non-hydrogen) atoms. The largest absolute Gasteiger partial charge is 0.328 e. The first-order chi connectivity index (χ1) is 8.43. The minimum absolute atomic E-state index is 0.0364. The quantitative estimate of drug-likeness (QED) is 0.810. The maximum Gasteiger partial charge on any atom is 0.328 e. The van der Waals surface area contributed by atoms with Gasteiger partial charge in [-0.3, -0.25) is 14.2 Å². The Kier molecular flexibility index (Phi) is 4.27. The summed E-state index contributed by atoms with van der Waals surface area (Å²) in [5.41, 5.74) is -1.42. The number of H-pyrrole nitrogens is 1. The molecule has 0 amide bonds. The highest BCUT2D eigenvalue weighted by Gasteiger charge is 2.30. The zero-order valence-corrected chi connectivity index (χ0v) is 11.4. The van der Waals surface area contributed by atoms with E-state index in [1.54, 1.807) is 0 Å². The van der Waals surface area contributed by atoms with Gasteiger partial charge in [-0.25, -0.2) is 4.79 Å². The Labute approximate surface area is 106 Å². The highest BCUT2D eigenvalue weighted by atomic mass is 16.2. The number of nitrogens with zero attached hydrogens (tertiary/aromatic N) is 1. The average Bonchev–Trinajstić information content (AvgIpc) is 2.34. The number of Topliss-reactive ketones (excluding diaryl/α,β-unsaturated/α-hetero) is 1. The monoisotopic (exact) mass is 252 g/mol. The Balaban J connectivity index is 3.68. The predicted molar refractivity (Wildman–Crippen MR) is 70.2 cm³/mol. The van der Waals surface area contributed by atoms with Crippen LogP contribution in [0, 0.1) is 0 Å². The standard InChI is InChI=1S/C13H20N2O3/c1-5-13(6-2,7-3)15-11(17)10(9(4)16)8-14-12(15)18/h8H,5-7H2,1-4H3,(H,14,18). The minimum Gasteiger partial charge on any atom is -0.313 e. The van der Waals surface area contributed by atoms with Crippen molar-refractivity contribution in [3.05, 3.63) is 32.6 Å². The molecule has 1 rings (SSSR count). The predicted octanol–water partition coefficient (Wildman–Crippen LogP) is 1.66. The highest BCUT2D eigenvalue weighted by molar-refractivity contribution is 5.93. The van der Waals surface area contributed by atoms with Crippen molar-refractivity contribution in [2.75, 3.05) is 0 Å². The van der Waals surface area contributed by atoms with Gasteiger partial charge in [0.2, 0.25) is 0 Å². The van der Waals surface area contributed by atoms with Gasteiger partial charge in [0.1, 0.15) is 0 Å². The maximum atomic E-state index is 12.3. The Bertz CT molecular complexity index is 542. The number of rotatable bonds is 5. The van der Waals surface area contributed by atoms with Crippen molar-refractivity contribution in [2.45, 2.75) is 52.5 Å². The molecule has 5 heteroatoms. The number of hydrogen-bond acceptors (Lipinski definition) is 3. The molecule has 0 bridgehead atoms. The number of ketones is 1. The van der Waals surface area contributed by atoms with Crippen LogP contribution in [-0.4, -0.2) is 15.3 Å². The van der Waals surface area contributed by atoms with Crippen molar-refractivity contribution in [3.8, 4) is 0 Å². The van der Waals surface area contributed by atoms with Crippen LogP contribution in [0.25, 0.3) is 0 Å². The van der Waals surface area contributed by atoms with Crippen LogP contribution in [-0.2, 0) is 5.54 Å². The first-order valence-electron chi connectivity index (χ1n) is 6.29. The van der Waals surface area contributed by atoms with Crippen molar-refractivity contribution in [3.63, 3.8) is 0 Å². The summed E-state index contributed by atoms with van der Waals surface area (Å²) in [5.74, 6) is -0.331. The molecule has 1 N–H and O–H groups in total. The average molecular weight is 252 g/mol. The summed E-state index contributed by atoms with van der Waals surface area (Å²) in [6.45, 7) is 7.16. The first-order valence-corrected chi connectivity index (χ1v) is 6.29. The molecule has 1 aromatic heterocycles. The van der Waals surface area contributed by atoms with Gasteiger partial charge in [-0.1, -0.05) is 20.8 Å². The highest BCUT2D eigenvalue weighted by Crippen LogP contribution is 2.25. The Morgan fingerprint density at radius 3 is 2.11 bits per heavy atom. The van der Waals surface area contributed by atoms with E-state index in [9.17, 15) is 14.4 Å². The van der Waals surface area contributed by atoms with E-state index < -0.39 is 16.8 Å². The molecule has 0 saturated heterocycles. The topological polar surface area (TPSA) is 71.9 Å². The van der Waals surface area contributed by atoms with E-state index in [1.807, 2.05) is 20.8 Å². The van der Waals surface area contributed by atoms with Gasteiger partial charge in [-0.2, -0.15) is 0 Å². The maximum absolute atomic E-state index is 12.3. The molecule has 0 aliphatic carbocycles. The number of aromatic amines is 1. The Morgan fingerprint density at radius 2 is 1.72 bits per heavy atom. The number of nitrogens with one attached hydrogen (secondary N) is 1. The third-order valence-electron chi connectivity index (χ3n) is 3.80. The van der Waals surface area contributed by atoms with Gasteiger partial charge in [-0.15, -0.1) is 0 Å². The zero-order valence-electron chi connectivity index (χ0n) is 11.4. The molecule has 0 fully saturated rings. The molecule has 0 aliphatic rings. The zero-order chi connectivity index (χ0) is 13.9. The fourth-order valence-corrected chi connectivity index (χ4v) is 2.38. The molecular formula is C13H20N2O3. The smallest absolute Gasteiger partial charge is 0.313 e. The van der Waals surface area contributed by atoms with Gasteiger partial charge < -0.3 is 4.98 Å². The molecule has 1 heterocycles. The normalized spacial score (nSPS) is 11.6.